The lowest BCUT2D eigenvalue weighted by atomic mass is 10.1. The molecule has 0 bridgehead atoms. The highest BCUT2D eigenvalue weighted by Gasteiger charge is 2.16. The van der Waals surface area contributed by atoms with E-state index in [1.54, 1.807) is 0 Å². The molecule has 0 aliphatic heterocycles. The molecule has 0 unspecified atom stereocenters. The van der Waals surface area contributed by atoms with E-state index in [1.807, 2.05) is 55.5 Å². The Hall–Kier alpha value is -3.17. The number of benzene rings is 2. The number of nitrogens with one attached hydrogen (secondary N) is 1. The van der Waals surface area contributed by atoms with Gasteiger partial charge in [-0.05, 0) is 43.5 Å². The summed E-state index contributed by atoms with van der Waals surface area (Å²) in [5, 5.41) is 0.926. The van der Waals surface area contributed by atoms with Gasteiger partial charge in [0.1, 0.15) is 23.7 Å². The number of sulfonamides is 1. The van der Waals surface area contributed by atoms with Crippen LogP contribution in [0.5, 0.6) is 5.75 Å². The first-order valence-corrected chi connectivity index (χ1v) is 12.4. The highest BCUT2D eigenvalue weighted by atomic mass is 32.2. The van der Waals surface area contributed by atoms with Crippen molar-refractivity contribution >= 4 is 37.8 Å². The third-order valence-corrected chi connectivity index (χ3v) is 6.01. The van der Waals surface area contributed by atoms with Gasteiger partial charge in [0.05, 0.1) is 17.3 Å². The Labute approximate surface area is 187 Å². The second kappa shape index (κ2) is 9.13. The summed E-state index contributed by atoms with van der Waals surface area (Å²) in [7, 11) is -3.17. The molecule has 0 amide bonds. The van der Waals surface area contributed by atoms with Crippen molar-refractivity contribution in [2.45, 2.75) is 32.9 Å². The molecule has 8 nitrogen and oxygen atoms in total. The average Bonchev–Trinajstić information content (AvgIpc) is 3.09. The van der Waals surface area contributed by atoms with Crippen molar-refractivity contribution < 1.29 is 13.2 Å². The maximum absolute atomic E-state index is 11.3. The summed E-state index contributed by atoms with van der Waals surface area (Å²) in [6.07, 6.45) is 2.68. The lowest BCUT2D eigenvalue weighted by molar-refractivity contribution is 0.306. The largest absolute Gasteiger partial charge is 0.489 e. The Bertz CT molecular complexity index is 1350. The Kier molecular flexibility index (Phi) is 6.29. The monoisotopic (exact) mass is 453 g/mol. The van der Waals surface area contributed by atoms with Crippen LogP contribution in [0.3, 0.4) is 0 Å². The third kappa shape index (κ3) is 5.00. The molecule has 0 saturated carbocycles. The molecule has 32 heavy (non-hydrogen) atoms. The van der Waals surface area contributed by atoms with Crippen LogP contribution >= 0.6 is 0 Å². The standard InChI is InChI=1S/C23H27N5O3S/c1-16-26-21-22(28(16)13-7-6-12-25-32(2,29)30)19-14-18(10-11-20(19)27-23(21)24)31-15-17-8-4-3-5-9-17/h3-5,8-11,14,25H,6-7,12-13,15H2,1-2H3,(H2,24,27). The summed E-state index contributed by atoms with van der Waals surface area (Å²) < 4.78 is 33.2. The summed E-state index contributed by atoms with van der Waals surface area (Å²) in [4.78, 5) is 9.17. The molecule has 3 N–H and O–H groups in total. The number of nitrogens with two attached hydrogens (primary N) is 1. The van der Waals surface area contributed by atoms with E-state index >= 15 is 0 Å². The van der Waals surface area contributed by atoms with Crippen molar-refractivity contribution in [1.29, 1.82) is 0 Å². The summed E-state index contributed by atoms with van der Waals surface area (Å²) in [5.41, 5.74) is 9.67. The van der Waals surface area contributed by atoms with Crippen molar-refractivity contribution in [3.8, 4) is 5.75 Å². The number of fused-ring (bicyclic) bond motifs is 3. The second-order valence-electron chi connectivity index (χ2n) is 7.83. The maximum atomic E-state index is 11.3. The molecule has 0 fully saturated rings. The average molecular weight is 454 g/mol. The van der Waals surface area contributed by atoms with Crippen LogP contribution in [0.4, 0.5) is 5.82 Å². The minimum absolute atomic E-state index is 0.394. The van der Waals surface area contributed by atoms with Crippen molar-refractivity contribution in [2.75, 3.05) is 18.5 Å². The van der Waals surface area contributed by atoms with E-state index in [4.69, 9.17) is 10.5 Å². The van der Waals surface area contributed by atoms with Gasteiger partial charge in [-0.1, -0.05) is 30.3 Å². The van der Waals surface area contributed by atoms with Crippen molar-refractivity contribution in [1.82, 2.24) is 19.3 Å². The van der Waals surface area contributed by atoms with E-state index < -0.39 is 10.0 Å². The number of hydrogen-bond acceptors (Lipinski definition) is 6. The topological polar surface area (TPSA) is 112 Å². The van der Waals surface area contributed by atoms with Crippen molar-refractivity contribution in [2.24, 2.45) is 0 Å². The van der Waals surface area contributed by atoms with Gasteiger partial charge in [-0.15, -0.1) is 0 Å². The number of ether oxygens (including phenoxy) is 1. The first-order chi connectivity index (χ1) is 15.3. The van der Waals surface area contributed by atoms with Crippen LogP contribution in [0, 0.1) is 6.92 Å². The van der Waals surface area contributed by atoms with Crippen molar-refractivity contribution in [3.05, 3.63) is 59.9 Å². The zero-order chi connectivity index (χ0) is 22.7. The zero-order valence-corrected chi connectivity index (χ0v) is 19.0. The fraction of sp³-hybridized carbons (Fsp3) is 0.304. The molecule has 0 saturated heterocycles. The number of aromatic nitrogens is 3. The summed E-state index contributed by atoms with van der Waals surface area (Å²) >= 11 is 0. The zero-order valence-electron chi connectivity index (χ0n) is 18.2. The second-order valence-corrected chi connectivity index (χ2v) is 9.66. The lowest BCUT2D eigenvalue weighted by Crippen LogP contribution is -2.23. The van der Waals surface area contributed by atoms with Gasteiger partial charge in [-0.25, -0.2) is 23.1 Å². The number of aryl methyl sites for hydroxylation is 2. The van der Waals surface area contributed by atoms with Gasteiger partial charge in [-0.3, -0.25) is 0 Å². The predicted octanol–water partition coefficient (Wildman–Crippen LogP) is 3.38. The number of unbranched alkanes of at least 4 members (excludes halogenated alkanes) is 1. The van der Waals surface area contributed by atoms with Crippen LogP contribution in [0.2, 0.25) is 0 Å². The first kappa shape index (κ1) is 22.0. The Balaban J connectivity index is 1.62. The summed E-state index contributed by atoms with van der Waals surface area (Å²) in [6.45, 7) is 3.52. The summed E-state index contributed by atoms with van der Waals surface area (Å²) in [5.74, 6) is 1.98. The van der Waals surface area contributed by atoms with Crippen LogP contribution in [0.15, 0.2) is 48.5 Å². The number of imidazole rings is 1. The van der Waals surface area contributed by atoms with Gasteiger partial charge in [0.25, 0.3) is 0 Å². The molecule has 2 heterocycles. The number of anilines is 1. The van der Waals surface area contributed by atoms with Crippen LogP contribution in [-0.4, -0.2) is 35.8 Å². The maximum Gasteiger partial charge on any atom is 0.208 e. The molecule has 0 radical (unpaired) electrons. The molecule has 2 aromatic heterocycles. The number of rotatable bonds is 9. The number of nitrogen functional groups attached to an aromatic ring is 1. The first-order valence-electron chi connectivity index (χ1n) is 10.5. The highest BCUT2D eigenvalue weighted by molar-refractivity contribution is 7.88. The molecule has 0 aliphatic rings. The molecule has 0 atom stereocenters. The van der Waals surface area contributed by atoms with Crippen LogP contribution in [-0.2, 0) is 23.2 Å². The highest BCUT2D eigenvalue weighted by Crippen LogP contribution is 2.31. The molecule has 4 aromatic rings. The van der Waals surface area contributed by atoms with Gasteiger partial charge < -0.3 is 15.0 Å². The molecule has 2 aromatic carbocycles. The molecular weight excluding hydrogens is 426 g/mol. The fourth-order valence-electron chi connectivity index (χ4n) is 3.76. The minimum Gasteiger partial charge on any atom is -0.489 e. The lowest BCUT2D eigenvalue weighted by Gasteiger charge is -2.11. The van der Waals surface area contributed by atoms with E-state index in [0.717, 1.165) is 46.4 Å². The summed E-state index contributed by atoms with van der Waals surface area (Å²) in [6, 6.07) is 15.8. The van der Waals surface area contributed by atoms with Crippen LogP contribution < -0.4 is 15.2 Å². The van der Waals surface area contributed by atoms with Crippen LogP contribution in [0.1, 0.15) is 24.2 Å². The Morgan fingerprint density at radius 2 is 1.88 bits per heavy atom. The van der Waals surface area contributed by atoms with Gasteiger partial charge >= 0.3 is 0 Å². The molecular formula is C23H27N5O3S. The Morgan fingerprint density at radius 3 is 2.62 bits per heavy atom. The number of nitrogens with zero attached hydrogens (tertiary/aromatic N) is 3. The van der Waals surface area contributed by atoms with E-state index in [0.29, 0.717) is 31.0 Å². The van der Waals surface area contributed by atoms with Crippen LogP contribution in [0.25, 0.3) is 21.9 Å². The smallest absolute Gasteiger partial charge is 0.208 e. The SMILES string of the molecule is Cc1nc2c(N)nc3ccc(OCc4ccccc4)cc3c2n1CCCCNS(C)(=O)=O. The molecule has 168 valence electrons. The van der Waals surface area contributed by atoms with E-state index in [-0.39, 0.29) is 0 Å². The molecule has 4 rings (SSSR count). The normalized spacial score (nSPS) is 11.9. The van der Waals surface area contributed by atoms with Gasteiger partial charge in [-0.2, -0.15) is 0 Å². The molecule has 9 heteroatoms. The van der Waals surface area contributed by atoms with Gasteiger partial charge in [0, 0.05) is 18.5 Å². The van der Waals surface area contributed by atoms with Gasteiger partial charge in [0.15, 0.2) is 5.82 Å². The van der Waals surface area contributed by atoms with Gasteiger partial charge in [0.2, 0.25) is 10.0 Å². The number of hydrogen-bond donors (Lipinski definition) is 2. The number of pyridine rings is 1. The van der Waals surface area contributed by atoms with E-state index in [2.05, 4.69) is 19.3 Å². The van der Waals surface area contributed by atoms with E-state index in [1.165, 1.54) is 6.26 Å². The quantitative estimate of drug-likeness (QED) is 0.376. The molecule has 0 aliphatic carbocycles. The van der Waals surface area contributed by atoms with Crippen molar-refractivity contribution in [3.63, 3.8) is 0 Å². The predicted molar refractivity (Wildman–Crippen MR) is 127 cm³/mol. The fourth-order valence-corrected chi connectivity index (χ4v) is 4.27. The van der Waals surface area contributed by atoms with E-state index in [9.17, 15) is 8.42 Å². The molecule has 0 spiro atoms. The Morgan fingerprint density at radius 1 is 1.09 bits per heavy atom. The minimum atomic E-state index is -3.17. The third-order valence-electron chi connectivity index (χ3n) is 5.29.